The van der Waals surface area contributed by atoms with Crippen molar-refractivity contribution in [3.05, 3.63) is 86.5 Å². The Bertz CT molecular complexity index is 1290. The molecule has 292 valence electrons. The summed E-state index contributed by atoms with van der Waals surface area (Å²) in [6.45, 7) is 18.0. The van der Waals surface area contributed by atoms with Crippen molar-refractivity contribution in [1.29, 1.82) is 0 Å². The van der Waals surface area contributed by atoms with Crippen LogP contribution in [0.5, 0.6) is 0 Å². The molecular weight excluding hydrogens is 671 g/mol. The summed E-state index contributed by atoms with van der Waals surface area (Å²) in [7, 11) is 0. The van der Waals surface area contributed by atoms with Crippen molar-refractivity contribution in [3.8, 4) is 0 Å². The zero-order chi connectivity index (χ0) is 37.1. The van der Waals surface area contributed by atoms with Crippen molar-refractivity contribution in [3.63, 3.8) is 0 Å². The fourth-order valence-electron chi connectivity index (χ4n) is 6.67. The van der Waals surface area contributed by atoms with Gasteiger partial charge in [-0.25, -0.2) is 4.70 Å². The van der Waals surface area contributed by atoms with E-state index in [0.717, 1.165) is 62.8 Å². The van der Waals surface area contributed by atoms with Gasteiger partial charge in [0.15, 0.2) is 0 Å². The van der Waals surface area contributed by atoms with Crippen LogP contribution >= 0.6 is 0 Å². The van der Waals surface area contributed by atoms with Gasteiger partial charge >= 0.3 is 0 Å². The number of aliphatic hydroxyl groups excluding tert-OH is 2. The van der Waals surface area contributed by atoms with Gasteiger partial charge in [0.1, 0.15) is 0 Å². The average molecular weight is 748 g/mol. The number of rotatable bonds is 22. The second kappa shape index (κ2) is 30.4. The van der Waals surface area contributed by atoms with E-state index >= 15 is 0 Å². The summed E-state index contributed by atoms with van der Waals surface area (Å²) in [5, 5.41) is 15.8. The van der Waals surface area contributed by atoms with Crippen LogP contribution in [0.2, 0.25) is 0 Å². The molecule has 0 unspecified atom stereocenters. The Morgan fingerprint density at radius 1 is 0.451 bits per heavy atom. The molecule has 1 heterocycles. The van der Waals surface area contributed by atoms with Crippen LogP contribution in [0, 0.1) is 13.8 Å². The summed E-state index contributed by atoms with van der Waals surface area (Å²) in [6, 6.07) is 14.0. The van der Waals surface area contributed by atoms with Crippen LogP contribution in [-0.4, -0.2) is 28.1 Å². The van der Waals surface area contributed by atoms with Crippen molar-refractivity contribution in [2.24, 2.45) is 0 Å². The first-order chi connectivity index (χ1) is 24.3. The predicted molar refractivity (Wildman–Crippen MR) is 219 cm³/mol. The fraction of sp³-hybridized carbons (Fsp3) is 0.652. The van der Waals surface area contributed by atoms with Crippen LogP contribution in [-0.2, 0) is 29.3 Å². The molecule has 0 saturated heterocycles. The van der Waals surface area contributed by atoms with E-state index < -0.39 is 0 Å². The summed E-state index contributed by atoms with van der Waals surface area (Å²) >= 11 is 0. The van der Waals surface area contributed by atoms with E-state index in [0.29, 0.717) is 13.2 Å². The first-order valence-corrected chi connectivity index (χ1v) is 20.7. The molecular formula is C46H76N2NiO2. The van der Waals surface area contributed by atoms with Crippen LogP contribution in [0.3, 0.4) is 0 Å². The molecule has 3 rings (SSSR count). The third-order valence-corrected chi connectivity index (χ3v) is 9.33. The largest absolute Gasteiger partial charge is 0.493 e. The van der Waals surface area contributed by atoms with Gasteiger partial charge in [-0.05, 0) is 113 Å². The van der Waals surface area contributed by atoms with Crippen LogP contribution < -0.4 is 0 Å². The van der Waals surface area contributed by atoms with Crippen LogP contribution in [0.15, 0.2) is 47.5 Å². The Morgan fingerprint density at radius 3 is 1.18 bits per heavy atom. The molecule has 2 N–H and O–H groups in total. The Balaban J connectivity index is 0.00000251. The molecule has 0 aromatic heterocycles. The SMILES string of the molecule is CCCCCCCCC1=C(c2cc(C)cc(CCCCC)c2)[N+](=[N-])C(c2cc(C)cc(CCCCC)c2)=C1CCCC.CCCO.CCCO.[Ni]. The zero-order valence-electron chi connectivity index (χ0n) is 34.1. The van der Waals surface area contributed by atoms with Crippen molar-refractivity contribution in [2.45, 2.75) is 184 Å². The van der Waals surface area contributed by atoms with Gasteiger partial charge in [-0.3, -0.25) is 0 Å². The van der Waals surface area contributed by atoms with Crippen LogP contribution in [0.1, 0.15) is 190 Å². The van der Waals surface area contributed by atoms with E-state index in [2.05, 4.69) is 77.9 Å². The van der Waals surface area contributed by atoms with Gasteiger partial charge in [0.25, 0.3) is 0 Å². The summed E-state index contributed by atoms with van der Waals surface area (Å²) in [6.07, 6.45) is 23.5. The molecule has 2 aromatic carbocycles. The second-order valence-corrected chi connectivity index (χ2v) is 14.4. The van der Waals surface area contributed by atoms with E-state index in [4.69, 9.17) is 10.2 Å². The minimum Gasteiger partial charge on any atom is -0.493 e. The number of hydrogen-bond acceptors (Lipinski definition) is 2. The molecule has 1 aliphatic heterocycles. The minimum absolute atomic E-state index is 0. The molecule has 1 aliphatic rings. The Kier molecular flexibility index (Phi) is 29.2. The number of aliphatic hydroxyl groups is 2. The van der Waals surface area contributed by atoms with Crippen LogP contribution in [0.4, 0.5) is 0 Å². The van der Waals surface area contributed by atoms with E-state index in [-0.39, 0.29) is 16.5 Å². The molecule has 0 bridgehead atoms. The first-order valence-electron chi connectivity index (χ1n) is 20.7. The van der Waals surface area contributed by atoms with Gasteiger partial charge in [0.2, 0.25) is 11.4 Å². The molecule has 2 aromatic rings. The van der Waals surface area contributed by atoms with Crippen LogP contribution in [0.25, 0.3) is 16.9 Å². The normalized spacial score (nSPS) is 12.4. The third kappa shape index (κ3) is 18.5. The van der Waals surface area contributed by atoms with Gasteiger partial charge < -0.3 is 15.7 Å². The van der Waals surface area contributed by atoms with Gasteiger partial charge in [-0.2, -0.15) is 0 Å². The molecule has 0 spiro atoms. The van der Waals surface area contributed by atoms with Crippen molar-refractivity contribution >= 4 is 11.4 Å². The number of benzene rings is 2. The number of unbranched alkanes of at least 4 members (excludes halogenated alkanes) is 10. The molecule has 0 amide bonds. The minimum atomic E-state index is 0. The zero-order valence-corrected chi connectivity index (χ0v) is 35.1. The van der Waals surface area contributed by atoms with E-state index in [1.807, 2.05) is 13.8 Å². The Hall–Kier alpha value is -2.07. The third-order valence-electron chi connectivity index (χ3n) is 9.33. The second-order valence-electron chi connectivity index (χ2n) is 14.4. The maximum atomic E-state index is 12.2. The van der Waals surface area contributed by atoms with Gasteiger partial charge in [-0.1, -0.05) is 129 Å². The Labute approximate surface area is 325 Å². The van der Waals surface area contributed by atoms with Crippen molar-refractivity contribution in [2.75, 3.05) is 13.2 Å². The van der Waals surface area contributed by atoms with E-state index in [1.54, 1.807) is 4.70 Å². The summed E-state index contributed by atoms with van der Waals surface area (Å²) in [5.74, 6) is 0. The molecule has 4 nitrogen and oxygen atoms in total. The monoisotopic (exact) mass is 747 g/mol. The molecule has 0 radical (unpaired) electrons. The summed E-state index contributed by atoms with van der Waals surface area (Å²) in [4.78, 5) is 0. The average Bonchev–Trinajstić information content (AvgIpc) is 3.39. The van der Waals surface area contributed by atoms with E-state index in [9.17, 15) is 5.53 Å². The van der Waals surface area contributed by atoms with Crippen molar-refractivity contribution in [1.82, 2.24) is 0 Å². The molecule has 0 fully saturated rings. The first kappa shape index (κ1) is 48.9. The van der Waals surface area contributed by atoms with E-state index in [1.165, 1.54) is 122 Å². The quantitative estimate of drug-likeness (QED) is 0.0715. The molecule has 0 atom stereocenters. The number of aryl methyl sites for hydroxylation is 4. The predicted octanol–water partition coefficient (Wildman–Crippen LogP) is 13.7. The fourth-order valence-corrected chi connectivity index (χ4v) is 6.67. The summed E-state index contributed by atoms with van der Waals surface area (Å²) in [5.41, 5.74) is 24.8. The Morgan fingerprint density at radius 2 is 0.784 bits per heavy atom. The van der Waals surface area contributed by atoms with Gasteiger partial charge in [0.05, 0.1) is 0 Å². The maximum absolute atomic E-state index is 12.2. The van der Waals surface area contributed by atoms with Gasteiger partial charge in [0, 0.05) is 52.0 Å². The molecule has 0 aliphatic carbocycles. The molecule has 0 saturated carbocycles. The maximum Gasteiger partial charge on any atom is 0.211 e. The van der Waals surface area contributed by atoms with Crippen molar-refractivity contribution < 1.29 is 31.4 Å². The standard InChI is InChI=1S/C40H60N2.2C3H8O.Ni/c1-7-11-15-16-17-20-24-38-37(23-14-10-4)39(35-27-31(5)25-33(29-35)21-18-12-8-2)42(41)40(38)36-28-32(6)26-34(30-36)22-19-13-9-3;2*1-2-3-4;/h25-30H,7-24H2,1-6H3;2*4H,2-3H2,1H3;. The molecule has 5 heteroatoms. The summed E-state index contributed by atoms with van der Waals surface area (Å²) < 4.78 is 1.60. The smallest absolute Gasteiger partial charge is 0.211 e. The molecule has 51 heavy (non-hydrogen) atoms. The topological polar surface area (TPSA) is 65.8 Å². The number of nitrogens with zero attached hydrogens (tertiary/aromatic N) is 2. The van der Waals surface area contributed by atoms with Gasteiger partial charge in [-0.15, -0.1) is 0 Å². The number of allylic oxidation sites excluding steroid dienone is 2. The number of hydrogen-bond donors (Lipinski definition) is 2.